The fourth-order valence-corrected chi connectivity index (χ4v) is 2.06. The first kappa shape index (κ1) is 18.4. The first-order valence-electron chi connectivity index (χ1n) is 7.47. The fourth-order valence-electron chi connectivity index (χ4n) is 2.06. The minimum atomic E-state index is -0.582. The number of phenols is 1. The van der Waals surface area contributed by atoms with Gasteiger partial charge in [-0.15, -0.1) is 0 Å². The van der Waals surface area contributed by atoms with E-state index in [0.29, 0.717) is 22.7 Å². The van der Waals surface area contributed by atoms with Crippen molar-refractivity contribution < 1.29 is 19.4 Å². The molecular formula is C19H15N3O4. The molecule has 2 N–H and O–H groups in total. The van der Waals surface area contributed by atoms with E-state index in [1.807, 2.05) is 12.1 Å². The van der Waals surface area contributed by atoms with Gasteiger partial charge in [-0.25, -0.2) is 0 Å². The molecule has 0 aliphatic heterocycles. The van der Waals surface area contributed by atoms with Crippen LogP contribution in [0.4, 0.5) is 5.69 Å². The van der Waals surface area contributed by atoms with Gasteiger partial charge in [0, 0.05) is 5.69 Å². The lowest BCUT2D eigenvalue weighted by atomic mass is 10.1. The lowest BCUT2D eigenvalue weighted by Crippen LogP contribution is -2.13. The molecule has 0 aliphatic rings. The van der Waals surface area contributed by atoms with Gasteiger partial charge in [-0.05, 0) is 48.0 Å². The van der Waals surface area contributed by atoms with Gasteiger partial charge in [-0.1, -0.05) is 6.07 Å². The summed E-state index contributed by atoms with van der Waals surface area (Å²) >= 11 is 0. The zero-order valence-electron chi connectivity index (χ0n) is 13.9. The van der Waals surface area contributed by atoms with Crippen molar-refractivity contribution in [2.75, 3.05) is 19.0 Å². The van der Waals surface area contributed by atoms with Crippen molar-refractivity contribution in [2.24, 2.45) is 0 Å². The number of anilines is 1. The van der Waals surface area contributed by atoms with Crippen LogP contribution in [0.2, 0.25) is 0 Å². The number of ether oxygens (including phenoxy) is 2. The Hall–Kier alpha value is -3.97. The van der Waals surface area contributed by atoms with E-state index in [4.69, 9.17) is 14.7 Å². The minimum Gasteiger partial charge on any atom is -0.508 e. The molecule has 0 radical (unpaired) electrons. The third-order valence-electron chi connectivity index (χ3n) is 3.28. The summed E-state index contributed by atoms with van der Waals surface area (Å²) in [7, 11) is 1.45. The third kappa shape index (κ3) is 4.76. The average Bonchev–Trinajstić information content (AvgIpc) is 2.66. The van der Waals surface area contributed by atoms with Gasteiger partial charge >= 0.3 is 0 Å². The first-order valence-corrected chi connectivity index (χ1v) is 7.47. The normalized spacial score (nSPS) is 10.3. The quantitative estimate of drug-likeness (QED) is 0.471. The van der Waals surface area contributed by atoms with Crippen LogP contribution in [0.1, 0.15) is 5.56 Å². The topological polar surface area (TPSA) is 115 Å². The number of amides is 1. The molecule has 0 aliphatic carbocycles. The minimum absolute atomic E-state index is 0.0739. The maximum Gasteiger partial charge on any atom is 0.266 e. The summed E-state index contributed by atoms with van der Waals surface area (Å²) in [5.74, 6) is 0.260. The molecule has 0 heterocycles. The monoisotopic (exact) mass is 349 g/mol. The van der Waals surface area contributed by atoms with Crippen LogP contribution in [0.3, 0.4) is 0 Å². The Kier molecular flexibility index (Phi) is 6.19. The highest BCUT2D eigenvalue weighted by Crippen LogP contribution is 2.29. The van der Waals surface area contributed by atoms with Crippen molar-refractivity contribution in [1.82, 2.24) is 0 Å². The number of aromatic hydroxyl groups is 1. The molecule has 7 nitrogen and oxygen atoms in total. The summed E-state index contributed by atoms with van der Waals surface area (Å²) in [6.45, 7) is -0.121. The van der Waals surface area contributed by atoms with Gasteiger partial charge in [0.25, 0.3) is 5.91 Å². The molecule has 0 atom stereocenters. The Bertz CT molecular complexity index is 906. The SMILES string of the molecule is COc1cc(/C=C(\C#N)C(=O)Nc2ccc(O)cc2)ccc1OCC#N. The van der Waals surface area contributed by atoms with E-state index in [9.17, 15) is 15.2 Å². The Balaban J connectivity index is 2.22. The van der Waals surface area contributed by atoms with Crippen molar-refractivity contribution in [2.45, 2.75) is 0 Å². The van der Waals surface area contributed by atoms with Crippen molar-refractivity contribution >= 4 is 17.7 Å². The number of hydrogen-bond acceptors (Lipinski definition) is 6. The van der Waals surface area contributed by atoms with Gasteiger partial charge in [0.05, 0.1) is 7.11 Å². The molecule has 0 aromatic heterocycles. The molecule has 130 valence electrons. The second-order valence-electron chi connectivity index (χ2n) is 5.03. The van der Waals surface area contributed by atoms with E-state index in [2.05, 4.69) is 5.32 Å². The largest absolute Gasteiger partial charge is 0.508 e. The Morgan fingerprint density at radius 3 is 2.54 bits per heavy atom. The van der Waals surface area contributed by atoms with E-state index in [1.165, 1.54) is 37.5 Å². The molecule has 26 heavy (non-hydrogen) atoms. The molecule has 0 bridgehead atoms. The molecular weight excluding hydrogens is 334 g/mol. The predicted octanol–water partition coefficient (Wildman–Crippen LogP) is 2.85. The molecule has 0 unspecified atom stereocenters. The number of carbonyl (C=O) groups is 1. The van der Waals surface area contributed by atoms with Crippen LogP contribution < -0.4 is 14.8 Å². The highest BCUT2D eigenvalue weighted by atomic mass is 16.5. The average molecular weight is 349 g/mol. The zero-order valence-corrected chi connectivity index (χ0v) is 13.9. The van der Waals surface area contributed by atoms with Gasteiger partial charge in [0.1, 0.15) is 23.5 Å². The summed E-state index contributed by atoms with van der Waals surface area (Å²) in [6.07, 6.45) is 1.41. The summed E-state index contributed by atoms with van der Waals surface area (Å²) in [5, 5.41) is 29.7. The predicted molar refractivity (Wildman–Crippen MR) is 94.4 cm³/mol. The zero-order chi connectivity index (χ0) is 18.9. The molecule has 1 amide bonds. The summed E-state index contributed by atoms with van der Waals surface area (Å²) in [5.41, 5.74) is 0.904. The molecule has 7 heteroatoms. The number of nitrogens with one attached hydrogen (secondary N) is 1. The maximum atomic E-state index is 12.2. The molecule has 2 rings (SSSR count). The van der Waals surface area contributed by atoms with E-state index >= 15 is 0 Å². The molecule has 0 saturated heterocycles. The summed E-state index contributed by atoms with van der Waals surface area (Å²) in [4.78, 5) is 12.2. The van der Waals surface area contributed by atoms with Crippen molar-refractivity contribution in [3.8, 4) is 29.4 Å². The Labute approximate surface area is 150 Å². The maximum absolute atomic E-state index is 12.2. The smallest absolute Gasteiger partial charge is 0.266 e. The summed E-state index contributed by atoms with van der Waals surface area (Å²) in [6, 6.07) is 14.4. The van der Waals surface area contributed by atoms with Crippen LogP contribution in [-0.2, 0) is 4.79 Å². The van der Waals surface area contributed by atoms with Crippen LogP contribution in [-0.4, -0.2) is 24.7 Å². The van der Waals surface area contributed by atoms with Crippen molar-refractivity contribution in [3.63, 3.8) is 0 Å². The van der Waals surface area contributed by atoms with Gasteiger partial charge in [-0.3, -0.25) is 4.79 Å². The van der Waals surface area contributed by atoms with E-state index in [1.54, 1.807) is 18.2 Å². The Morgan fingerprint density at radius 2 is 1.92 bits per heavy atom. The highest BCUT2D eigenvalue weighted by Gasteiger charge is 2.11. The number of rotatable bonds is 6. The number of carbonyl (C=O) groups excluding carboxylic acids is 1. The number of phenolic OH excluding ortho intramolecular Hbond substituents is 1. The fraction of sp³-hybridized carbons (Fsp3) is 0.105. The number of benzene rings is 2. The molecule has 0 spiro atoms. The standard InChI is InChI=1S/C19H15N3O4/c1-25-18-11-13(2-7-17(18)26-9-8-20)10-14(12-21)19(24)22-15-3-5-16(23)6-4-15/h2-7,10-11,23H,9H2,1H3,(H,22,24)/b14-10+. The number of nitrogens with zero attached hydrogens (tertiary/aromatic N) is 2. The third-order valence-corrected chi connectivity index (χ3v) is 3.28. The molecule has 2 aromatic rings. The first-order chi connectivity index (χ1) is 12.6. The molecule has 2 aromatic carbocycles. The number of hydrogen-bond donors (Lipinski definition) is 2. The van der Waals surface area contributed by atoms with E-state index in [0.717, 1.165) is 0 Å². The van der Waals surface area contributed by atoms with Crippen molar-refractivity contribution in [3.05, 3.63) is 53.6 Å². The molecule has 0 saturated carbocycles. The second-order valence-corrected chi connectivity index (χ2v) is 5.03. The van der Waals surface area contributed by atoms with Gasteiger partial charge in [-0.2, -0.15) is 10.5 Å². The van der Waals surface area contributed by atoms with Crippen molar-refractivity contribution in [1.29, 1.82) is 10.5 Å². The van der Waals surface area contributed by atoms with Gasteiger partial charge in [0.15, 0.2) is 18.1 Å². The highest BCUT2D eigenvalue weighted by molar-refractivity contribution is 6.09. The van der Waals surface area contributed by atoms with E-state index in [-0.39, 0.29) is 17.9 Å². The van der Waals surface area contributed by atoms with E-state index < -0.39 is 5.91 Å². The van der Waals surface area contributed by atoms with Gasteiger partial charge < -0.3 is 19.9 Å². The van der Waals surface area contributed by atoms with Crippen LogP contribution in [0.25, 0.3) is 6.08 Å². The van der Waals surface area contributed by atoms with Crippen LogP contribution in [0.5, 0.6) is 17.2 Å². The number of methoxy groups -OCH3 is 1. The summed E-state index contributed by atoms with van der Waals surface area (Å²) < 4.78 is 10.4. The van der Waals surface area contributed by atoms with Crippen LogP contribution in [0, 0.1) is 22.7 Å². The lowest BCUT2D eigenvalue weighted by Gasteiger charge is -2.09. The van der Waals surface area contributed by atoms with Crippen LogP contribution in [0.15, 0.2) is 48.0 Å². The van der Waals surface area contributed by atoms with Gasteiger partial charge in [0.2, 0.25) is 0 Å². The lowest BCUT2D eigenvalue weighted by molar-refractivity contribution is -0.112. The molecule has 0 fully saturated rings. The second kappa shape index (κ2) is 8.76. The number of nitriles is 2. The van der Waals surface area contributed by atoms with Crippen LogP contribution >= 0.6 is 0 Å². The Morgan fingerprint density at radius 1 is 1.19 bits per heavy atom.